The van der Waals surface area contributed by atoms with Gasteiger partial charge in [0.2, 0.25) is 5.91 Å². The number of carbonyl (C=O) groups excluding carboxylic acids is 1. The zero-order valence-electron chi connectivity index (χ0n) is 14.3. The number of hydrogen-bond donors (Lipinski definition) is 1. The maximum Gasteiger partial charge on any atom is 0.228 e. The largest absolute Gasteiger partial charge is 0.494 e. The molecule has 1 aliphatic heterocycles. The highest BCUT2D eigenvalue weighted by Crippen LogP contribution is 2.30. The number of benzene rings is 2. The van der Waals surface area contributed by atoms with Crippen LogP contribution in [-0.4, -0.2) is 25.6 Å². The predicted octanol–water partition coefficient (Wildman–Crippen LogP) is 3.65. The average Bonchev–Trinajstić information content (AvgIpc) is 2.99. The predicted molar refractivity (Wildman–Crippen MR) is 98.0 cm³/mol. The van der Waals surface area contributed by atoms with Crippen molar-refractivity contribution in [3.8, 4) is 5.75 Å². The Bertz CT molecular complexity index is 710. The molecular weight excluding hydrogens is 300 g/mol. The number of carbonyl (C=O) groups is 1. The minimum Gasteiger partial charge on any atom is -0.494 e. The van der Waals surface area contributed by atoms with Crippen LogP contribution in [0.1, 0.15) is 25.0 Å². The molecule has 2 aromatic carbocycles. The van der Waals surface area contributed by atoms with E-state index < -0.39 is 0 Å². The molecular formula is C20H24N2O2. The third-order valence-corrected chi connectivity index (χ3v) is 4.34. The molecule has 1 N–H and O–H groups in total. The van der Waals surface area contributed by atoms with E-state index in [1.807, 2.05) is 37.3 Å². The Morgan fingerprint density at radius 3 is 2.67 bits per heavy atom. The van der Waals surface area contributed by atoms with Gasteiger partial charge < -0.3 is 15.0 Å². The van der Waals surface area contributed by atoms with Crippen molar-refractivity contribution in [2.45, 2.75) is 26.7 Å². The normalized spacial score (nSPS) is 12.8. The molecule has 0 aliphatic carbocycles. The summed E-state index contributed by atoms with van der Waals surface area (Å²) in [5, 5.41) is 3.01. The second-order valence-corrected chi connectivity index (χ2v) is 5.98. The Balaban J connectivity index is 1.63. The van der Waals surface area contributed by atoms with Crippen LogP contribution < -0.4 is 15.0 Å². The van der Waals surface area contributed by atoms with Gasteiger partial charge in [-0.3, -0.25) is 4.79 Å². The van der Waals surface area contributed by atoms with Gasteiger partial charge >= 0.3 is 0 Å². The van der Waals surface area contributed by atoms with Crippen molar-refractivity contribution < 1.29 is 9.53 Å². The van der Waals surface area contributed by atoms with Gasteiger partial charge in [0.15, 0.2) is 0 Å². The molecule has 0 atom stereocenters. The highest BCUT2D eigenvalue weighted by atomic mass is 16.5. The Labute approximate surface area is 143 Å². The Hall–Kier alpha value is -2.49. The molecule has 0 spiro atoms. The molecule has 24 heavy (non-hydrogen) atoms. The van der Waals surface area contributed by atoms with Crippen molar-refractivity contribution in [2.75, 3.05) is 29.9 Å². The van der Waals surface area contributed by atoms with Crippen molar-refractivity contribution in [3.63, 3.8) is 0 Å². The van der Waals surface area contributed by atoms with Crippen LogP contribution in [0.25, 0.3) is 0 Å². The minimum atomic E-state index is 0.000144. The summed E-state index contributed by atoms with van der Waals surface area (Å²) in [7, 11) is 0. The van der Waals surface area contributed by atoms with Crippen LogP contribution in [0.5, 0.6) is 5.75 Å². The number of likely N-dealkylation sites (N-methyl/N-ethyl adjacent to an activating group) is 1. The number of fused-ring (bicyclic) bond motifs is 1. The standard InChI is InChI=1S/C20H24N2O2/c1-3-22-12-11-16-7-8-17(14-19(16)22)21-20(23)13-15-5-9-18(10-6-15)24-4-2/h5-10,14H,3-4,11-13H2,1-2H3,(H,21,23). The van der Waals surface area contributed by atoms with E-state index in [-0.39, 0.29) is 5.91 Å². The summed E-state index contributed by atoms with van der Waals surface area (Å²) >= 11 is 0. The first-order valence-corrected chi connectivity index (χ1v) is 8.59. The first kappa shape index (κ1) is 16.4. The van der Waals surface area contributed by atoms with Crippen LogP contribution in [-0.2, 0) is 17.6 Å². The average molecular weight is 324 g/mol. The smallest absolute Gasteiger partial charge is 0.228 e. The Morgan fingerprint density at radius 2 is 1.96 bits per heavy atom. The first-order chi connectivity index (χ1) is 11.7. The van der Waals surface area contributed by atoms with E-state index in [2.05, 4.69) is 29.3 Å². The Morgan fingerprint density at radius 1 is 1.17 bits per heavy atom. The summed E-state index contributed by atoms with van der Waals surface area (Å²) < 4.78 is 5.42. The van der Waals surface area contributed by atoms with Crippen molar-refractivity contribution in [1.82, 2.24) is 0 Å². The van der Waals surface area contributed by atoms with Crippen molar-refractivity contribution in [3.05, 3.63) is 53.6 Å². The fraction of sp³-hybridized carbons (Fsp3) is 0.350. The van der Waals surface area contributed by atoms with E-state index in [0.717, 1.165) is 36.5 Å². The van der Waals surface area contributed by atoms with E-state index >= 15 is 0 Å². The van der Waals surface area contributed by atoms with Gasteiger partial charge in [-0.05, 0) is 55.7 Å². The topological polar surface area (TPSA) is 41.6 Å². The number of hydrogen-bond acceptors (Lipinski definition) is 3. The summed E-state index contributed by atoms with van der Waals surface area (Å²) in [6.45, 7) is 6.82. The van der Waals surface area contributed by atoms with Gasteiger partial charge in [-0.1, -0.05) is 18.2 Å². The van der Waals surface area contributed by atoms with Crippen LogP contribution >= 0.6 is 0 Å². The first-order valence-electron chi connectivity index (χ1n) is 8.59. The van der Waals surface area contributed by atoms with Crippen LogP contribution in [0.15, 0.2) is 42.5 Å². The van der Waals surface area contributed by atoms with Gasteiger partial charge in [-0.25, -0.2) is 0 Å². The summed E-state index contributed by atoms with van der Waals surface area (Å²) in [5.41, 5.74) is 4.45. The maximum absolute atomic E-state index is 12.3. The minimum absolute atomic E-state index is 0.000144. The van der Waals surface area contributed by atoms with Gasteiger partial charge in [0.05, 0.1) is 13.0 Å². The number of ether oxygens (including phenoxy) is 1. The lowest BCUT2D eigenvalue weighted by atomic mass is 10.1. The second kappa shape index (κ2) is 7.39. The fourth-order valence-corrected chi connectivity index (χ4v) is 3.11. The molecule has 0 unspecified atom stereocenters. The lowest BCUT2D eigenvalue weighted by Gasteiger charge is -2.17. The molecule has 0 saturated heterocycles. The molecule has 0 bridgehead atoms. The molecule has 3 rings (SSSR count). The number of rotatable bonds is 6. The van der Waals surface area contributed by atoms with Gasteiger partial charge in [-0.2, -0.15) is 0 Å². The lowest BCUT2D eigenvalue weighted by Crippen LogP contribution is -2.19. The summed E-state index contributed by atoms with van der Waals surface area (Å²) in [6, 6.07) is 13.9. The van der Waals surface area contributed by atoms with Crippen LogP contribution in [0, 0.1) is 0 Å². The number of amides is 1. The number of anilines is 2. The van der Waals surface area contributed by atoms with Crippen LogP contribution in [0.4, 0.5) is 11.4 Å². The van der Waals surface area contributed by atoms with Gasteiger partial charge in [-0.15, -0.1) is 0 Å². The molecule has 0 radical (unpaired) electrons. The summed E-state index contributed by atoms with van der Waals surface area (Å²) in [6.07, 6.45) is 1.45. The molecule has 1 aliphatic rings. The summed E-state index contributed by atoms with van der Waals surface area (Å²) in [4.78, 5) is 14.6. The SMILES string of the molecule is CCOc1ccc(CC(=O)Nc2ccc3c(c2)N(CC)CC3)cc1. The van der Waals surface area contributed by atoms with Gasteiger partial charge in [0, 0.05) is 24.5 Å². The van der Waals surface area contributed by atoms with E-state index in [0.29, 0.717) is 13.0 Å². The molecule has 126 valence electrons. The van der Waals surface area contributed by atoms with Gasteiger partial charge in [0.25, 0.3) is 0 Å². The third kappa shape index (κ3) is 3.70. The van der Waals surface area contributed by atoms with Crippen LogP contribution in [0.3, 0.4) is 0 Å². The highest BCUT2D eigenvalue weighted by molar-refractivity contribution is 5.93. The van der Waals surface area contributed by atoms with Crippen molar-refractivity contribution in [1.29, 1.82) is 0 Å². The zero-order chi connectivity index (χ0) is 16.9. The van der Waals surface area contributed by atoms with Gasteiger partial charge in [0.1, 0.15) is 5.75 Å². The Kier molecular flexibility index (Phi) is 5.04. The van der Waals surface area contributed by atoms with Crippen molar-refractivity contribution >= 4 is 17.3 Å². The van der Waals surface area contributed by atoms with E-state index in [9.17, 15) is 4.79 Å². The quantitative estimate of drug-likeness (QED) is 0.882. The molecule has 0 aromatic heterocycles. The van der Waals surface area contributed by atoms with E-state index in [1.165, 1.54) is 11.3 Å². The molecule has 4 nitrogen and oxygen atoms in total. The molecule has 1 amide bonds. The lowest BCUT2D eigenvalue weighted by molar-refractivity contribution is -0.115. The zero-order valence-corrected chi connectivity index (χ0v) is 14.3. The van der Waals surface area contributed by atoms with Crippen LogP contribution in [0.2, 0.25) is 0 Å². The highest BCUT2D eigenvalue weighted by Gasteiger charge is 2.18. The second-order valence-electron chi connectivity index (χ2n) is 5.98. The molecule has 2 aromatic rings. The fourth-order valence-electron chi connectivity index (χ4n) is 3.11. The van der Waals surface area contributed by atoms with E-state index in [1.54, 1.807) is 0 Å². The summed E-state index contributed by atoms with van der Waals surface area (Å²) in [5.74, 6) is 0.833. The third-order valence-electron chi connectivity index (χ3n) is 4.34. The number of nitrogens with one attached hydrogen (secondary N) is 1. The monoisotopic (exact) mass is 324 g/mol. The molecule has 1 heterocycles. The van der Waals surface area contributed by atoms with E-state index in [4.69, 9.17) is 4.74 Å². The maximum atomic E-state index is 12.3. The van der Waals surface area contributed by atoms with Crippen molar-refractivity contribution in [2.24, 2.45) is 0 Å². The molecule has 4 heteroatoms. The number of nitrogens with zero attached hydrogens (tertiary/aromatic N) is 1. The molecule has 0 saturated carbocycles. The molecule has 0 fully saturated rings.